The quantitative estimate of drug-likeness (QED) is 0.703. The number of pyridine rings is 1. The number of hydrogen-bond donors (Lipinski definition) is 1. The van der Waals surface area contributed by atoms with Crippen LogP contribution in [0.3, 0.4) is 0 Å². The normalized spacial score (nSPS) is 10.9. The van der Waals surface area contributed by atoms with Crippen LogP contribution in [0.25, 0.3) is 5.69 Å². The number of aromatic nitrogens is 4. The number of benzene rings is 1. The first-order chi connectivity index (χ1) is 12.9. The molecule has 0 unspecified atom stereocenters. The molecule has 0 aliphatic carbocycles. The maximum Gasteiger partial charge on any atom is 0.291 e. The Hall–Kier alpha value is -2.93. The van der Waals surface area contributed by atoms with Crippen LogP contribution in [0.5, 0.6) is 5.88 Å². The van der Waals surface area contributed by atoms with Gasteiger partial charge in [-0.2, -0.15) is 0 Å². The highest BCUT2D eigenvalue weighted by Crippen LogP contribution is 2.14. The largest absolute Gasteiger partial charge is 0.475 e. The monoisotopic (exact) mass is 385 g/mol. The minimum Gasteiger partial charge on any atom is -0.475 e. The van der Waals surface area contributed by atoms with Gasteiger partial charge in [0.25, 0.3) is 5.91 Å². The molecule has 0 fully saturated rings. The van der Waals surface area contributed by atoms with Crippen molar-refractivity contribution in [2.75, 3.05) is 0 Å². The highest BCUT2D eigenvalue weighted by atomic mass is 35.5. The number of carbonyl (C=O) groups is 1. The lowest BCUT2D eigenvalue weighted by atomic mass is 10.3. The summed E-state index contributed by atoms with van der Waals surface area (Å²) in [4.78, 5) is 20.8. The molecule has 1 amide bonds. The summed E-state index contributed by atoms with van der Waals surface area (Å²) >= 11 is 5.91. The third kappa shape index (κ3) is 4.83. The molecule has 0 spiro atoms. The minimum absolute atomic E-state index is 0.0631. The molecule has 7 nitrogen and oxygen atoms in total. The van der Waals surface area contributed by atoms with Crippen LogP contribution in [0.2, 0.25) is 5.02 Å². The van der Waals surface area contributed by atoms with Gasteiger partial charge in [0.15, 0.2) is 0 Å². The van der Waals surface area contributed by atoms with Crippen LogP contribution in [-0.4, -0.2) is 31.8 Å². The van der Waals surface area contributed by atoms with Gasteiger partial charge < -0.3 is 10.1 Å². The van der Waals surface area contributed by atoms with Gasteiger partial charge in [-0.25, -0.2) is 14.6 Å². The van der Waals surface area contributed by atoms with Crippen LogP contribution in [0.15, 0.2) is 42.6 Å². The number of nitrogens with zero attached hydrogens (tertiary/aromatic N) is 4. The van der Waals surface area contributed by atoms with E-state index in [1.165, 1.54) is 0 Å². The molecular weight excluding hydrogens is 366 g/mol. The number of ether oxygens (including phenoxy) is 1. The van der Waals surface area contributed by atoms with Gasteiger partial charge in [-0.3, -0.25) is 4.79 Å². The second kappa shape index (κ2) is 8.18. The van der Waals surface area contributed by atoms with Gasteiger partial charge >= 0.3 is 0 Å². The lowest BCUT2D eigenvalue weighted by molar-refractivity contribution is 0.0940. The second-order valence-electron chi connectivity index (χ2n) is 6.22. The lowest BCUT2D eigenvalue weighted by Gasteiger charge is -2.09. The van der Waals surface area contributed by atoms with E-state index in [1.54, 1.807) is 36.0 Å². The first-order valence-electron chi connectivity index (χ1n) is 8.52. The Balaban J connectivity index is 1.64. The molecule has 27 heavy (non-hydrogen) atoms. The molecule has 2 aromatic heterocycles. The van der Waals surface area contributed by atoms with Crippen LogP contribution < -0.4 is 10.1 Å². The highest BCUT2D eigenvalue weighted by Gasteiger charge is 2.15. The van der Waals surface area contributed by atoms with Crippen molar-refractivity contribution in [2.24, 2.45) is 0 Å². The summed E-state index contributed by atoms with van der Waals surface area (Å²) in [7, 11) is 0. The molecule has 0 saturated heterocycles. The number of nitrogens with one attached hydrogen (secondary N) is 1. The van der Waals surface area contributed by atoms with Crippen molar-refractivity contribution in [3.05, 3.63) is 64.8 Å². The maximum absolute atomic E-state index is 12.4. The summed E-state index contributed by atoms with van der Waals surface area (Å²) in [6, 6.07) is 10.8. The topological polar surface area (TPSA) is 81.9 Å². The van der Waals surface area contributed by atoms with Crippen molar-refractivity contribution in [2.45, 2.75) is 33.4 Å². The van der Waals surface area contributed by atoms with Crippen molar-refractivity contribution in [3.8, 4) is 11.6 Å². The molecule has 1 N–H and O–H groups in total. The van der Waals surface area contributed by atoms with Gasteiger partial charge in [0, 0.05) is 23.8 Å². The summed E-state index contributed by atoms with van der Waals surface area (Å²) in [6.45, 7) is 5.99. The molecule has 0 aliphatic rings. The van der Waals surface area contributed by atoms with E-state index in [2.05, 4.69) is 20.4 Å². The third-order valence-corrected chi connectivity index (χ3v) is 3.90. The van der Waals surface area contributed by atoms with Crippen LogP contribution in [-0.2, 0) is 6.54 Å². The number of halogens is 1. The van der Waals surface area contributed by atoms with E-state index in [9.17, 15) is 4.79 Å². The van der Waals surface area contributed by atoms with E-state index >= 15 is 0 Å². The summed E-state index contributed by atoms with van der Waals surface area (Å²) < 4.78 is 7.10. The predicted molar refractivity (Wildman–Crippen MR) is 102 cm³/mol. The second-order valence-corrected chi connectivity index (χ2v) is 6.66. The van der Waals surface area contributed by atoms with Gasteiger partial charge in [-0.1, -0.05) is 17.7 Å². The Bertz CT molecular complexity index is 920. The van der Waals surface area contributed by atoms with Gasteiger partial charge in [-0.15, -0.1) is 5.10 Å². The van der Waals surface area contributed by atoms with Crippen molar-refractivity contribution >= 4 is 17.5 Å². The van der Waals surface area contributed by atoms with E-state index < -0.39 is 0 Å². The molecule has 0 atom stereocenters. The lowest BCUT2D eigenvalue weighted by Crippen LogP contribution is -2.24. The molecule has 1 aromatic carbocycles. The summed E-state index contributed by atoms with van der Waals surface area (Å²) in [5.41, 5.74) is 1.64. The zero-order valence-electron chi connectivity index (χ0n) is 15.3. The summed E-state index contributed by atoms with van der Waals surface area (Å²) in [5.74, 6) is 0.918. The number of carbonyl (C=O) groups excluding carboxylic acids is 1. The van der Waals surface area contributed by atoms with E-state index in [0.717, 1.165) is 11.3 Å². The highest BCUT2D eigenvalue weighted by molar-refractivity contribution is 6.30. The molecular formula is C19H20ClN5O2. The van der Waals surface area contributed by atoms with Gasteiger partial charge in [0.2, 0.25) is 11.7 Å². The number of hydrogen-bond acceptors (Lipinski definition) is 5. The Labute approximate surface area is 162 Å². The molecule has 140 valence electrons. The molecule has 3 rings (SSSR count). The zero-order chi connectivity index (χ0) is 19.4. The van der Waals surface area contributed by atoms with E-state index in [1.807, 2.05) is 32.0 Å². The SMILES string of the molecule is Cc1nc(C(=O)NCc2ccc(OC(C)C)nc2)nn1-c1ccc(Cl)cc1. The van der Waals surface area contributed by atoms with Crippen LogP contribution in [0, 0.1) is 6.92 Å². The van der Waals surface area contributed by atoms with Crippen molar-refractivity contribution < 1.29 is 9.53 Å². The summed E-state index contributed by atoms with van der Waals surface area (Å²) in [5, 5.41) is 7.71. The molecule has 0 radical (unpaired) electrons. The Morgan fingerprint density at radius 2 is 1.96 bits per heavy atom. The van der Waals surface area contributed by atoms with Gasteiger partial charge in [-0.05, 0) is 50.6 Å². The van der Waals surface area contributed by atoms with Gasteiger partial charge in [0.05, 0.1) is 11.8 Å². The van der Waals surface area contributed by atoms with Crippen LogP contribution in [0.4, 0.5) is 0 Å². The fourth-order valence-electron chi connectivity index (χ4n) is 2.40. The molecule has 3 aromatic rings. The zero-order valence-corrected chi connectivity index (χ0v) is 16.1. The number of amides is 1. The average molecular weight is 386 g/mol. The summed E-state index contributed by atoms with van der Waals surface area (Å²) in [6.07, 6.45) is 1.73. The maximum atomic E-state index is 12.4. The standard InChI is InChI=1S/C19H20ClN5O2/c1-12(2)27-17-9-4-14(10-21-17)11-22-19(26)18-23-13(3)25(24-18)16-7-5-15(20)6-8-16/h4-10,12H,11H2,1-3H3,(H,22,26). The predicted octanol–water partition coefficient (Wildman–Crippen LogP) is 3.34. The van der Waals surface area contributed by atoms with E-state index in [4.69, 9.17) is 16.3 Å². The Kier molecular flexibility index (Phi) is 5.71. The van der Waals surface area contributed by atoms with E-state index in [-0.39, 0.29) is 17.8 Å². The molecule has 0 saturated carbocycles. The van der Waals surface area contributed by atoms with Crippen molar-refractivity contribution in [1.82, 2.24) is 25.1 Å². The van der Waals surface area contributed by atoms with Crippen molar-refractivity contribution in [3.63, 3.8) is 0 Å². The molecule has 8 heteroatoms. The number of aryl methyl sites for hydroxylation is 1. The molecule has 2 heterocycles. The average Bonchev–Trinajstić information content (AvgIpc) is 3.03. The fraction of sp³-hybridized carbons (Fsp3) is 0.263. The van der Waals surface area contributed by atoms with Crippen LogP contribution in [0.1, 0.15) is 35.9 Å². The van der Waals surface area contributed by atoms with Crippen molar-refractivity contribution in [1.29, 1.82) is 0 Å². The first-order valence-corrected chi connectivity index (χ1v) is 8.89. The molecule has 0 aliphatic heterocycles. The third-order valence-electron chi connectivity index (χ3n) is 3.65. The fourth-order valence-corrected chi connectivity index (χ4v) is 2.53. The molecule has 0 bridgehead atoms. The van der Waals surface area contributed by atoms with Crippen LogP contribution >= 0.6 is 11.6 Å². The van der Waals surface area contributed by atoms with E-state index in [0.29, 0.717) is 23.3 Å². The first kappa shape index (κ1) is 18.8. The number of rotatable bonds is 6. The smallest absolute Gasteiger partial charge is 0.291 e. The Morgan fingerprint density at radius 3 is 2.59 bits per heavy atom. The Morgan fingerprint density at radius 1 is 1.22 bits per heavy atom. The van der Waals surface area contributed by atoms with Gasteiger partial charge in [0.1, 0.15) is 5.82 Å². The minimum atomic E-state index is -0.353.